The van der Waals surface area contributed by atoms with Crippen LogP contribution in [0, 0.1) is 0 Å². The number of carbonyl (C=O) groups is 1. The average Bonchev–Trinajstić information content (AvgIpc) is 2.98. The molecular weight excluding hydrogens is 282 g/mol. The largest absolute Gasteiger partial charge is 0.370 e. The van der Waals surface area contributed by atoms with E-state index in [1.165, 1.54) is 0 Å². The Morgan fingerprint density at radius 2 is 2.14 bits per heavy atom. The Morgan fingerprint density at radius 1 is 1.29 bits per heavy atom. The molecule has 1 amide bonds. The van der Waals surface area contributed by atoms with Crippen molar-refractivity contribution in [3.8, 4) is 0 Å². The van der Waals surface area contributed by atoms with Gasteiger partial charge in [0.05, 0.1) is 5.69 Å². The van der Waals surface area contributed by atoms with Gasteiger partial charge in [0.25, 0.3) is 5.91 Å². The van der Waals surface area contributed by atoms with Crippen LogP contribution >= 0.6 is 11.3 Å². The molecule has 0 spiro atoms. The molecule has 0 unspecified atom stereocenters. The van der Waals surface area contributed by atoms with Gasteiger partial charge in [-0.05, 0) is 36.4 Å². The lowest BCUT2D eigenvalue weighted by molar-refractivity contribution is 0.102. The average molecular weight is 303 g/mol. The molecule has 4 nitrogen and oxygen atoms in total. The molecule has 2 aromatic rings. The van der Waals surface area contributed by atoms with Crippen molar-refractivity contribution in [1.82, 2.24) is 4.98 Å². The van der Waals surface area contributed by atoms with Crippen LogP contribution in [0.25, 0.3) is 0 Å². The Morgan fingerprint density at radius 3 is 2.81 bits per heavy atom. The summed E-state index contributed by atoms with van der Waals surface area (Å²) in [7, 11) is 0. The molecule has 2 N–H and O–H groups in total. The molecule has 0 saturated heterocycles. The summed E-state index contributed by atoms with van der Waals surface area (Å²) in [6, 6.07) is 5.59. The van der Waals surface area contributed by atoms with Gasteiger partial charge < -0.3 is 10.6 Å². The van der Waals surface area contributed by atoms with Crippen molar-refractivity contribution in [1.29, 1.82) is 0 Å². The normalized spacial score (nSPS) is 10.4. The van der Waals surface area contributed by atoms with Crippen molar-refractivity contribution in [3.63, 3.8) is 0 Å². The minimum Gasteiger partial charge on any atom is -0.370 e. The summed E-state index contributed by atoms with van der Waals surface area (Å²) in [6.07, 6.45) is 2.91. The van der Waals surface area contributed by atoms with Gasteiger partial charge in [-0.1, -0.05) is 20.3 Å². The molecule has 0 fully saturated rings. The summed E-state index contributed by atoms with van der Waals surface area (Å²) in [4.78, 5) is 16.9. The van der Waals surface area contributed by atoms with E-state index in [9.17, 15) is 4.79 Å². The van der Waals surface area contributed by atoms with Crippen LogP contribution in [0.1, 0.15) is 42.7 Å². The molecule has 112 valence electrons. The van der Waals surface area contributed by atoms with Crippen LogP contribution in [0.3, 0.4) is 0 Å². The van der Waals surface area contributed by atoms with Gasteiger partial charge in [0.15, 0.2) is 0 Å². The van der Waals surface area contributed by atoms with E-state index >= 15 is 0 Å². The highest BCUT2D eigenvalue weighted by molar-refractivity contribution is 7.08. The molecule has 0 saturated carbocycles. The maximum atomic E-state index is 12.3. The lowest BCUT2D eigenvalue weighted by Crippen LogP contribution is -2.13. The minimum atomic E-state index is -0.0901. The Hall–Kier alpha value is -1.88. The number of carbonyl (C=O) groups excluding carboxylic acids is 1. The second-order valence-electron chi connectivity index (χ2n) is 4.88. The van der Waals surface area contributed by atoms with E-state index in [0.717, 1.165) is 43.0 Å². The summed E-state index contributed by atoms with van der Waals surface area (Å²) < 4.78 is 0. The predicted molar refractivity (Wildman–Crippen MR) is 89.3 cm³/mol. The summed E-state index contributed by atoms with van der Waals surface area (Å²) >= 11 is 1.56. The first-order valence-electron chi connectivity index (χ1n) is 7.31. The summed E-state index contributed by atoms with van der Waals surface area (Å²) in [5.41, 5.74) is 2.44. The van der Waals surface area contributed by atoms with E-state index in [0.29, 0.717) is 5.56 Å². The molecule has 0 bridgehead atoms. The molecule has 2 aromatic heterocycles. The molecule has 2 heterocycles. The number of thiophene rings is 1. The number of aromatic nitrogens is 1. The number of amides is 1. The van der Waals surface area contributed by atoms with Crippen molar-refractivity contribution in [2.75, 3.05) is 17.2 Å². The van der Waals surface area contributed by atoms with E-state index in [1.54, 1.807) is 11.3 Å². The standard InChI is InChI=1S/C16H21N3OS/c1-3-5-13-9-12(10-15(18-13)17-7-4-2)16(20)19-14-6-8-21-11-14/h6,8-11H,3-5,7H2,1-2H3,(H,17,18)(H,19,20). The number of nitrogens with one attached hydrogen (secondary N) is 2. The fourth-order valence-corrected chi connectivity index (χ4v) is 2.57. The second kappa shape index (κ2) is 7.78. The molecule has 0 radical (unpaired) electrons. The fourth-order valence-electron chi connectivity index (χ4n) is 1.99. The summed E-state index contributed by atoms with van der Waals surface area (Å²) in [6.45, 7) is 5.07. The van der Waals surface area contributed by atoms with Crippen LogP contribution in [0.5, 0.6) is 0 Å². The summed E-state index contributed by atoms with van der Waals surface area (Å²) in [5, 5.41) is 10.0. The lowest BCUT2D eigenvalue weighted by Gasteiger charge is -2.10. The highest BCUT2D eigenvalue weighted by atomic mass is 32.1. The molecule has 0 atom stereocenters. The minimum absolute atomic E-state index is 0.0901. The Bertz CT molecular complexity index is 581. The number of pyridine rings is 1. The van der Waals surface area contributed by atoms with Gasteiger partial charge in [-0.25, -0.2) is 4.98 Å². The number of hydrogen-bond donors (Lipinski definition) is 2. The quantitative estimate of drug-likeness (QED) is 0.807. The zero-order valence-corrected chi connectivity index (χ0v) is 13.3. The molecule has 0 aliphatic carbocycles. The first kappa shape index (κ1) is 15.5. The number of rotatable bonds is 7. The maximum Gasteiger partial charge on any atom is 0.255 e. The van der Waals surface area contributed by atoms with Gasteiger partial charge in [-0.2, -0.15) is 11.3 Å². The smallest absolute Gasteiger partial charge is 0.255 e. The van der Waals surface area contributed by atoms with E-state index < -0.39 is 0 Å². The number of hydrogen-bond acceptors (Lipinski definition) is 4. The van der Waals surface area contributed by atoms with Crippen LogP contribution in [0.2, 0.25) is 0 Å². The Balaban J connectivity index is 2.19. The Labute approximate surface area is 129 Å². The van der Waals surface area contributed by atoms with Crippen LogP contribution < -0.4 is 10.6 Å². The monoisotopic (exact) mass is 303 g/mol. The van der Waals surface area contributed by atoms with Gasteiger partial charge >= 0.3 is 0 Å². The highest BCUT2D eigenvalue weighted by Crippen LogP contribution is 2.16. The van der Waals surface area contributed by atoms with Crippen molar-refractivity contribution >= 4 is 28.7 Å². The van der Waals surface area contributed by atoms with E-state index in [4.69, 9.17) is 0 Å². The highest BCUT2D eigenvalue weighted by Gasteiger charge is 2.10. The van der Waals surface area contributed by atoms with E-state index in [2.05, 4.69) is 29.5 Å². The van der Waals surface area contributed by atoms with Crippen molar-refractivity contribution in [2.24, 2.45) is 0 Å². The first-order chi connectivity index (χ1) is 10.2. The third-order valence-electron chi connectivity index (χ3n) is 2.98. The van der Waals surface area contributed by atoms with E-state index in [1.807, 2.05) is 29.0 Å². The van der Waals surface area contributed by atoms with Crippen LogP contribution in [0.4, 0.5) is 11.5 Å². The van der Waals surface area contributed by atoms with Crippen molar-refractivity contribution in [3.05, 3.63) is 40.2 Å². The zero-order valence-electron chi connectivity index (χ0n) is 12.5. The SMILES string of the molecule is CCCNc1cc(C(=O)Nc2ccsc2)cc(CCC)n1. The van der Waals surface area contributed by atoms with E-state index in [-0.39, 0.29) is 5.91 Å². The van der Waals surface area contributed by atoms with Crippen LogP contribution in [0.15, 0.2) is 29.0 Å². The third kappa shape index (κ3) is 4.56. The molecule has 5 heteroatoms. The first-order valence-corrected chi connectivity index (χ1v) is 8.25. The predicted octanol–water partition coefficient (Wildman–Crippen LogP) is 4.17. The molecule has 0 aromatic carbocycles. The molecule has 21 heavy (non-hydrogen) atoms. The van der Waals surface area contributed by atoms with Gasteiger partial charge in [-0.3, -0.25) is 4.79 Å². The van der Waals surface area contributed by atoms with Gasteiger partial charge in [-0.15, -0.1) is 0 Å². The molecule has 0 aliphatic rings. The fraction of sp³-hybridized carbons (Fsp3) is 0.375. The number of nitrogens with zero attached hydrogens (tertiary/aromatic N) is 1. The maximum absolute atomic E-state index is 12.3. The van der Waals surface area contributed by atoms with Gasteiger partial charge in [0.2, 0.25) is 0 Å². The number of anilines is 2. The molecule has 0 aliphatic heterocycles. The van der Waals surface area contributed by atoms with Gasteiger partial charge in [0, 0.05) is 23.2 Å². The van der Waals surface area contributed by atoms with Crippen molar-refractivity contribution < 1.29 is 4.79 Å². The van der Waals surface area contributed by atoms with Gasteiger partial charge in [0.1, 0.15) is 5.82 Å². The van der Waals surface area contributed by atoms with Crippen LogP contribution in [-0.2, 0) is 6.42 Å². The summed E-state index contributed by atoms with van der Waals surface area (Å²) in [5.74, 6) is 0.686. The third-order valence-corrected chi connectivity index (χ3v) is 3.67. The zero-order chi connectivity index (χ0) is 15.1. The topological polar surface area (TPSA) is 54.0 Å². The Kier molecular flexibility index (Phi) is 5.75. The second-order valence-corrected chi connectivity index (χ2v) is 5.66. The van der Waals surface area contributed by atoms with Crippen LogP contribution in [-0.4, -0.2) is 17.4 Å². The molecular formula is C16H21N3OS. The lowest BCUT2D eigenvalue weighted by atomic mass is 10.1. The molecule has 2 rings (SSSR count). The van der Waals surface area contributed by atoms with Crippen molar-refractivity contribution in [2.45, 2.75) is 33.1 Å². The number of aryl methyl sites for hydroxylation is 1.